The Balaban J connectivity index is 1.77. The Kier molecular flexibility index (Phi) is 4.70. The molecule has 0 bridgehead atoms. The van der Waals surface area contributed by atoms with Gasteiger partial charge in [-0.15, -0.1) is 0 Å². The van der Waals surface area contributed by atoms with Gasteiger partial charge in [-0.3, -0.25) is 4.90 Å². The summed E-state index contributed by atoms with van der Waals surface area (Å²) in [6, 6.07) is 20.2. The van der Waals surface area contributed by atoms with Gasteiger partial charge in [0.1, 0.15) is 0 Å². The molecule has 1 saturated heterocycles. The Morgan fingerprint density at radius 1 is 1.05 bits per heavy atom. The van der Waals surface area contributed by atoms with E-state index in [9.17, 15) is 0 Å². The van der Waals surface area contributed by atoms with Crippen LogP contribution in [0.4, 0.5) is 0 Å². The fraction of sp³-hybridized carbons (Fsp3) is 0.294. The maximum atomic E-state index is 3.52. The van der Waals surface area contributed by atoms with Crippen molar-refractivity contribution in [1.29, 1.82) is 0 Å². The molecule has 1 unspecified atom stereocenters. The topological polar surface area (TPSA) is 15.3 Å². The van der Waals surface area contributed by atoms with Crippen molar-refractivity contribution in [2.75, 3.05) is 19.6 Å². The molecule has 0 saturated carbocycles. The number of rotatable bonds is 3. The summed E-state index contributed by atoms with van der Waals surface area (Å²) in [6.45, 7) is 4.24. The molecular weight excluding hydrogens is 359 g/mol. The lowest BCUT2D eigenvalue weighted by atomic mass is 10.0. The minimum atomic E-state index is 0.476. The van der Waals surface area contributed by atoms with Gasteiger partial charge in [0.15, 0.2) is 0 Å². The summed E-state index contributed by atoms with van der Waals surface area (Å²) in [6.07, 6.45) is 0. The minimum Gasteiger partial charge on any atom is -0.314 e. The molecular formula is C17H19IN2. The summed E-state index contributed by atoms with van der Waals surface area (Å²) in [5.41, 5.74) is 2.80. The fourth-order valence-electron chi connectivity index (χ4n) is 2.76. The Hall–Kier alpha value is -0.910. The van der Waals surface area contributed by atoms with Crippen molar-refractivity contribution in [3.63, 3.8) is 0 Å². The highest BCUT2D eigenvalue weighted by molar-refractivity contribution is 14.1. The number of halogens is 1. The molecule has 1 aliphatic rings. The van der Waals surface area contributed by atoms with Crippen molar-refractivity contribution in [3.8, 4) is 0 Å². The lowest BCUT2D eigenvalue weighted by Gasteiger charge is -2.36. The smallest absolute Gasteiger partial charge is 0.0476 e. The van der Waals surface area contributed by atoms with Gasteiger partial charge in [0.2, 0.25) is 0 Å². The van der Waals surface area contributed by atoms with Gasteiger partial charge in [-0.25, -0.2) is 0 Å². The zero-order valence-corrected chi connectivity index (χ0v) is 13.6. The SMILES string of the molecule is Ic1ccc(CN2CCNCC2c2ccccc2)cc1. The van der Waals surface area contributed by atoms with E-state index in [0.717, 1.165) is 26.2 Å². The highest BCUT2D eigenvalue weighted by atomic mass is 127. The minimum absolute atomic E-state index is 0.476. The molecule has 2 nitrogen and oxygen atoms in total. The molecule has 1 heterocycles. The van der Waals surface area contributed by atoms with Gasteiger partial charge in [0.05, 0.1) is 0 Å². The van der Waals surface area contributed by atoms with Gasteiger partial charge in [-0.05, 0) is 45.9 Å². The zero-order chi connectivity index (χ0) is 13.8. The van der Waals surface area contributed by atoms with Crippen LogP contribution in [0.2, 0.25) is 0 Å². The number of hydrogen-bond donors (Lipinski definition) is 1. The predicted octanol–water partition coefficient (Wildman–Crippen LogP) is 3.44. The summed E-state index contributed by atoms with van der Waals surface area (Å²) in [4.78, 5) is 2.58. The van der Waals surface area contributed by atoms with E-state index >= 15 is 0 Å². The van der Waals surface area contributed by atoms with E-state index < -0.39 is 0 Å². The van der Waals surface area contributed by atoms with Crippen LogP contribution in [0.1, 0.15) is 17.2 Å². The third-order valence-corrected chi connectivity index (χ3v) is 4.56. The number of benzene rings is 2. The molecule has 0 aromatic heterocycles. The predicted molar refractivity (Wildman–Crippen MR) is 91.6 cm³/mol. The van der Waals surface area contributed by atoms with E-state index in [4.69, 9.17) is 0 Å². The first-order valence-electron chi connectivity index (χ1n) is 7.07. The maximum Gasteiger partial charge on any atom is 0.0476 e. The van der Waals surface area contributed by atoms with E-state index in [-0.39, 0.29) is 0 Å². The molecule has 1 N–H and O–H groups in total. The molecule has 2 aromatic carbocycles. The normalized spacial score (nSPS) is 19.9. The van der Waals surface area contributed by atoms with Crippen molar-refractivity contribution in [3.05, 3.63) is 69.3 Å². The Labute approximate surface area is 134 Å². The molecule has 1 aliphatic heterocycles. The number of nitrogens with zero attached hydrogens (tertiary/aromatic N) is 1. The Morgan fingerprint density at radius 3 is 2.55 bits per heavy atom. The second-order valence-electron chi connectivity index (χ2n) is 5.23. The molecule has 1 atom stereocenters. The monoisotopic (exact) mass is 378 g/mol. The van der Waals surface area contributed by atoms with Crippen molar-refractivity contribution in [2.45, 2.75) is 12.6 Å². The summed E-state index contributed by atoms with van der Waals surface area (Å²) < 4.78 is 1.30. The first-order chi connectivity index (χ1) is 9.83. The van der Waals surface area contributed by atoms with Crippen molar-refractivity contribution >= 4 is 22.6 Å². The lowest BCUT2D eigenvalue weighted by Crippen LogP contribution is -2.45. The Bertz CT molecular complexity index is 539. The number of piperazine rings is 1. The van der Waals surface area contributed by atoms with Crippen LogP contribution in [0.15, 0.2) is 54.6 Å². The van der Waals surface area contributed by atoms with Crippen LogP contribution < -0.4 is 5.32 Å². The highest BCUT2D eigenvalue weighted by Gasteiger charge is 2.23. The van der Waals surface area contributed by atoms with E-state index in [1.807, 2.05) is 0 Å². The molecule has 20 heavy (non-hydrogen) atoms. The molecule has 3 rings (SSSR count). The third kappa shape index (κ3) is 3.40. The first kappa shape index (κ1) is 14.0. The summed E-state index contributed by atoms with van der Waals surface area (Å²) in [5.74, 6) is 0. The second kappa shape index (κ2) is 6.70. The average Bonchev–Trinajstić information content (AvgIpc) is 2.51. The molecule has 0 amide bonds. The summed E-state index contributed by atoms with van der Waals surface area (Å²) in [7, 11) is 0. The molecule has 3 heteroatoms. The van der Waals surface area contributed by atoms with E-state index in [1.165, 1.54) is 14.7 Å². The van der Waals surface area contributed by atoms with Crippen LogP contribution in [-0.2, 0) is 6.54 Å². The van der Waals surface area contributed by atoms with Crippen LogP contribution in [0.5, 0.6) is 0 Å². The van der Waals surface area contributed by atoms with Crippen LogP contribution in [0.25, 0.3) is 0 Å². The van der Waals surface area contributed by atoms with Crippen LogP contribution in [0, 0.1) is 3.57 Å². The summed E-state index contributed by atoms with van der Waals surface area (Å²) >= 11 is 2.36. The van der Waals surface area contributed by atoms with Crippen molar-refractivity contribution in [2.24, 2.45) is 0 Å². The number of nitrogens with one attached hydrogen (secondary N) is 1. The van der Waals surface area contributed by atoms with Crippen LogP contribution in [0.3, 0.4) is 0 Å². The standard InChI is InChI=1S/C17H19IN2/c18-16-8-6-14(7-9-16)13-20-11-10-19-12-17(20)15-4-2-1-3-5-15/h1-9,17,19H,10-13H2. The van der Waals surface area contributed by atoms with Gasteiger partial charge >= 0.3 is 0 Å². The van der Waals surface area contributed by atoms with Crippen LogP contribution >= 0.6 is 22.6 Å². The molecule has 0 aliphatic carbocycles. The quantitative estimate of drug-likeness (QED) is 0.824. The third-order valence-electron chi connectivity index (χ3n) is 3.84. The van der Waals surface area contributed by atoms with Gasteiger partial charge < -0.3 is 5.32 Å². The van der Waals surface area contributed by atoms with Gasteiger partial charge in [0.25, 0.3) is 0 Å². The largest absolute Gasteiger partial charge is 0.314 e. The van der Waals surface area contributed by atoms with Gasteiger partial charge in [-0.2, -0.15) is 0 Å². The number of hydrogen-bond acceptors (Lipinski definition) is 2. The zero-order valence-electron chi connectivity index (χ0n) is 11.4. The molecule has 2 aromatic rings. The average molecular weight is 378 g/mol. The van der Waals surface area contributed by atoms with Crippen LogP contribution in [-0.4, -0.2) is 24.5 Å². The van der Waals surface area contributed by atoms with E-state index in [0.29, 0.717) is 6.04 Å². The van der Waals surface area contributed by atoms with Gasteiger partial charge in [-0.1, -0.05) is 42.5 Å². The molecule has 1 fully saturated rings. The second-order valence-corrected chi connectivity index (χ2v) is 6.47. The van der Waals surface area contributed by atoms with E-state index in [1.54, 1.807) is 0 Å². The maximum absolute atomic E-state index is 3.52. The van der Waals surface area contributed by atoms with Crippen molar-refractivity contribution < 1.29 is 0 Å². The van der Waals surface area contributed by atoms with Gasteiger partial charge in [0, 0.05) is 35.8 Å². The Morgan fingerprint density at radius 2 is 1.80 bits per heavy atom. The molecule has 0 radical (unpaired) electrons. The van der Waals surface area contributed by atoms with E-state index in [2.05, 4.69) is 87.4 Å². The first-order valence-corrected chi connectivity index (χ1v) is 8.15. The molecule has 0 spiro atoms. The van der Waals surface area contributed by atoms with Crippen molar-refractivity contribution in [1.82, 2.24) is 10.2 Å². The molecule has 104 valence electrons. The summed E-state index contributed by atoms with van der Waals surface area (Å²) in [5, 5.41) is 3.52. The fourth-order valence-corrected chi connectivity index (χ4v) is 3.12. The lowest BCUT2D eigenvalue weighted by molar-refractivity contribution is 0.154. The highest BCUT2D eigenvalue weighted by Crippen LogP contribution is 2.24.